The highest BCUT2D eigenvalue weighted by Gasteiger charge is 2.26. The van der Waals surface area contributed by atoms with Crippen molar-refractivity contribution in [2.75, 3.05) is 37.6 Å². The van der Waals surface area contributed by atoms with E-state index in [1.165, 1.54) is 32.1 Å². The van der Waals surface area contributed by atoms with Gasteiger partial charge in [0.05, 0.1) is 15.7 Å². The third-order valence-electron chi connectivity index (χ3n) is 5.77. The number of halogens is 2. The van der Waals surface area contributed by atoms with Gasteiger partial charge in [-0.2, -0.15) is 0 Å². The number of carbonyl (C=O) groups is 1. The number of pyridine rings is 1. The molecular formula is C20H30Cl2N4O. The predicted octanol–water partition coefficient (Wildman–Crippen LogP) is 3.89. The van der Waals surface area contributed by atoms with Gasteiger partial charge in [-0.3, -0.25) is 9.78 Å². The van der Waals surface area contributed by atoms with E-state index < -0.39 is 0 Å². The smallest absolute Gasteiger partial charge is 0.223 e. The number of anilines is 1. The van der Waals surface area contributed by atoms with Crippen molar-refractivity contribution in [2.45, 2.75) is 44.9 Å². The quantitative estimate of drug-likeness (QED) is 0.666. The number of nitrogens with one attached hydrogen (secondary N) is 2. The normalized spacial score (nSPS) is 19.3. The molecule has 1 saturated heterocycles. The van der Waals surface area contributed by atoms with Crippen LogP contribution in [0.3, 0.4) is 0 Å². The Balaban J connectivity index is 1.34. The summed E-state index contributed by atoms with van der Waals surface area (Å²) in [5.41, 5.74) is 0.833. The maximum Gasteiger partial charge on any atom is 0.223 e. The van der Waals surface area contributed by atoms with Gasteiger partial charge in [-0.25, -0.2) is 0 Å². The first-order valence-corrected chi connectivity index (χ1v) is 10.9. The lowest BCUT2D eigenvalue weighted by Crippen LogP contribution is -2.42. The van der Waals surface area contributed by atoms with Crippen LogP contribution in [0.15, 0.2) is 12.4 Å². The summed E-state index contributed by atoms with van der Waals surface area (Å²) >= 11 is 12.5. The van der Waals surface area contributed by atoms with Gasteiger partial charge < -0.3 is 15.5 Å². The van der Waals surface area contributed by atoms with Crippen molar-refractivity contribution < 1.29 is 4.79 Å². The molecule has 1 amide bonds. The van der Waals surface area contributed by atoms with E-state index in [0.717, 1.165) is 50.6 Å². The van der Waals surface area contributed by atoms with Gasteiger partial charge >= 0.3 is 0 Å². The third kappa shape index (κ3) is 5.97. The van der Waals surface area contributed by atoms with Gasteiger partial charge in [-0.1, -0.05) is 42.5 Å². The number of nitrogens with zero attached hydrogens (tertiary/aromatic N) is 2. The SMILES string of the molecule is O=C(NCCNCC1CCCCC1)C1CCN(c2c(Cl)cncc2Cl)CC1. The average molecular weight is 413 g/mol. The molecule has 0 unspecified atom stereocenters. The molecule has 0 aromatic carbocycles. The molecule has 1 aromatic heterocycles. The highest BCUT2D eigenvalue weighted by Crippen LogP contribution is 2.35. The maximum atomic E-state index is 12.4. The van der Waals surface area contributed by atoms with Crippen LogP contribution in [0.5, 0.6) is 0 Å². The lowest BCUT2D eigenvalue weighted by molar-refractivity contribution is -0.125. The van der Waals surface area contributed by atoms with Crippen LogP contribution in [0, 0.1) is 11.8 Å². The molecule has 27 heavy (non-hydrogen) atoms. The minimum absolute atomic E-state index is 0.0685. The highest BCUT2D eigenvalue weighted by molar-refractivity contribution is 6.38. The number of rotatable bonds is 7. The van der Waals surface area contributed by atoms with Crippen molar-refractivity contribution >= 4 is 34.8 Å². The summed E-state index contributed by atoms with van der Waals surface area (Å²) in [6.45, 7) is 4.20. The van der Waals surface area contributed by atoms with Gasteiger partial charge in [-0.05, 0) is 38.1 Å². The first-order chi connectivity index (χ1) is 13.1. The summed E-state index contributed by atoms with van der Waals surface area (Å²) in [5.74, 6) is 1.06. The van der Waals surface area contributed by atoms with Crippen LogP contribution in [-0.4, -0.2) is 43.6 Å². The van der Waals surface area contributed by atoms with Crippen LogP contribution in [0.1, 0.15) is 44.9 Å². The molecule has 1 aromatic rings. The Morgan fingerprint density at radius 3 is 2.37 bits per heavy atom. The first-order valence-electron chi connectivity index (χ1n) is 10.2. The fraction of sp³-hybridized carbons (Fsp3) is 0.700. The predicted molar refractivity (Wildman–Crippen MR) is 112 cm³/mol. The monoisotopic (exact) mass is 412 g/mol. The fourth-order valence-electron chi connectivity index (χ4n) is 4.19. The Kier molecular flexibility index (Phi) is 8.04. The molecule has 5 nitrogen and oxygen atoms in total. The molecule has 0 bridgehead atoms. The van der Waals surface area contributed by atoms with Gasteiger partial charge in [0.1, 0.15) is 0 Å². The molecule has 7 heteroatoms. The van der Waals surface area contributed by atoms with E-state index in [1.54, 1.807) is 12.4 Å². The maximum absolute atomic E-state index is 12.4. The minimum atomic E-state index is 0.0685. The highest BCUT2D eigenvalue weighted by atomic mass is 35.5. The molecule has 150 valence electrons. The molecule has 0 radical (unpaired) electrons. The summed E-state index contributed by atoms with van der Waals surface area (Å²) in [5, 5.41) is 7.71. The number of hydrogen-bond donors (Lipinski definition) is 2. The molecule has 0 spiro atoms. The van der Waals surface area contributed by atoms with E-state index in [1.807, 2.05) is 0 Å². The lowest BCUT2D eigenvalue weighted by atomic mass is 9.89. The first kappa shape index (κ1) is 20.7. The molecular weight excluding hydrogens is 383 g/mol. The molecule has 2 heterocycles. The second kappa shape index (κ2) is 10.5. The van der Waals surface area contributed by atoms with Gasteiger partial charge in [-0.15, -0.1) is 0 Å². The van der Waals surface area contributed by atoms with E-state index in [2.05, 4.69) is 20.5 Å². The van der Waals surface area contributed by atoms with Crippen molar-refractivity contribution in [1.29, 1.82) is 0 Å². The third-order valence-corrected chi connectivity index (χ3v) is 6.32. The Hall–Kier alpha value is -1.04. The van der Waals surface area contributed by atoms with Crippen molar-refractivity contribution in [3.63, 3.8) is 0 Å². The lowest BCUT2D eigenvalue weighted by Gasteiger charge is -2.33. The van der Waals surface area contributed by atoms with E-state index in [4.69, 9.17) is 23.2 Å². The number of hydrogen-bond acceptors (Lipinski definition) is 4. The Morgan fingerprint density at radius 2 is 1.70 bits per heavy atom. The standard InChI is InChI=1S/C20H30Cl2N4O/c21-17-13-24-14-18(22)19(17)26-10-6-16(7-11-26)20(27)25-9-8-23-12-15-4-2-1-3-5-15/h13-16,23H,1-12H2,(H,25,27). The molecule has 2 N–H and O–H groups in total. The molecule has 1 saturated carbocycles. The van der Waals surface area contributed by atoms with Crippen molar-refractivity contribution in [2.24, 2.45) is 11.8 Å². The molecule has 0 atom stereocenters. The summed E-state index contributed by atoms with van der Waals surface area (Å²) in [4.78, 5) is 18.6. The second-order valence-corrected chi connectivity index (χ2v) is 8.53. The minimum Gasteiger partial charge on any atom is -0.369 e. The van der Waals surface area contributed by atoms with Gasteiger partial charge in [0.15, 0.2) is 0 Å². The summed E-state index contributed by atoms with van der Waals surface area (Å²) in [7, 11) is 0. The van der Waals surface area contributed by atoms with Gasteiger partial charge in [0.25, 0.3) is 0 Å². The zero-order valence-corrected chi connectivity index (χ0v) is 17.4. The number of aromatic nitrogens is 1. The van der Waals surface area contributed by atoms with Crippen molar-refractivity contribution in [1.82, 2.24) is 15.6 Å². The average Bonchev–Trinajstić information content (AvgIpc) is 2.69. The van der Waals surface area contributed by atoms with Crippen LogP contribution >= 0.6 is 23.2 Å². The molecule has 3 rings (SSSR count). The topological polar surface area (TPSA) is 57.3 Å². The molecule has 2 fully saturated rings. The van der Waals surface area contributed by atoms with Crippen LogP contribution in [0.2, 0.25) is 10.0 Å². The fourth-order valence-corrected chi connectivity index (χ4v) is 4.79. The van der Waals surface area contributed by atoms with Gasteiger partial charge in [0.2, 0.25) is 5.91 Å². The Bertz CT molecular complexity index is 594. The van der Waals surface area contributed by atoms with Crippen LogP contribution < -0.4 is 15.5 Å². The zero-order valence-electron chi connectivity index (χ0n) is 15.9. The van der Waals surface area contributed by atoms with E-state index in [9.17, 15) is 4.79 Å². The summed E-state index contributed by atoms with van der Waals surface area (Å²) in [6.07, 6.45) is 11.7. The van der Waals surface area contributed by atoms with E-state index in [-0.39, 0.29) is 11.8 Å². The van der Waals surface area contributed by atoms with Crippen LogP contribution in [0.25, 0.3) is 0 Å². The number of piperidine rings is 1. The zero-order chi connectivity index (χ0) is 19.1. The number of amides is 1. The van der Waals surface area contributed by atoms with Crippen LogP contribution in [0.4, 0.5) is 5.69 Å². The van der Waals surface area contributed by atoms with Crippen molar-refractivity contribution in [3.05, 3.63) is 22.4 Å². The summed E-state index contributed by atoms with van der Waals surface area (Å²) in [6, 6.07) is 0. The molecule has 1 aliphatic heterocycles. The Labute approximate surface area is 172 Å². The summed E-state index contributed by atoms with van der Waals surface area (Å²) < 4.78 is 0. The van der Waals surface area contributed by atoms with E-state index >= 15 is 0 Å². The largest absolute Gasteiger partial charge is 0.369 e. The second-order valence-electron chi connectivity index (χ2n) is 7.71. The van der Waals surface area contributed by atoms with Crippen molar-refractivity contribution in [3.8, 4) is 0 Å². The Morgan fingerprint density at radius 1 is 1.04 bits per heavy atom. The number of carbonyl (C=O) groups excluding carboxylic acids is 1. The van der Waals surface area contributed by atoms with E-state index in [0.29, 0.717) is 16.6 Å². The molecule has 2 aliphatic rings. The van der Waals surface area contributed by atoms with Gasteiger partial charge in [0, 0.05) is 44.5 Å². The van der Waals surface area contributed by atoms with Crippen LogP contribution in [-0.2, 0) is 4.79 Å². The molecule has 1 aliphatic carbocycles.